The number of amides is 1. The van der Waals surface area contributed by atoms with Gasteiger partial charge in [-0.2, -0.15) is 0 Å². The zero-order valence-corrected chi connectivity index (χ0v) is 9.22. The fourth-order valence-electron chi connectivity index (χ4n) is 1.78. The van der Waals surface area contributed by atoms with E-state index < -0.39 is 0 Å². The predicted molar refractivity (Wildman–Crippen MR) is 59.9 cm³/mol. The minimum absolute atomic E-state index is 0.164. The quantitative estimate of drug-likeness (QED) is 0.790. The van der Waals surface area contributed by atoms with E-state index in [1.165, 1.54) is 6.07 Å². The summed E-state index contributed by atoms with van der Waals surface area (Å²) in [6.07, 6.45) is 0.931. The van der Waals surface area contributed by atoms with Gasteiger partial charge in [-0.05, 0) is 37.6 Å². The molecule has 1 unspecified atom stereocenters. The second kappa shape index (κ2) is 4.61. The normalized spacial score (nSPS) is 19.8. The highest BCUT2D eigenvalue weighted by atomic mass is 19.1. The Bertz CT molecular complexity index is 400. The SMILES string of the molecule is Cc1ccc(C(=O)NC2CCNC2)cc1F. The number of rotatable bonds is 2. The molecule has 1 aliphatic rings. The van der Waals surface area contributed by atoms with Crippen LogP contribution < -0.4 is 10.6 Å². The van der Waals surface area contributed by atoms with Crippen molar-refractivity contribution in [3.05, 3.63) is 35.1 Å². The van der Waals surface area contributed by atoms with Crippen molar-refractivity contribution in [2.24, 2.45) is 0 Å². The maximum atomic E-state index is 13.3. The van der Waals surface area contributed by atoms with Gasteiger partial charge in [-0.1, -0.05) is 6.07 Å². The van der Waals surface area contributed by atoms with E-state index in [1.807, 2.05) is 0 Å². The molecule has 2 N–H and O–H groups in total. The van der Waals surface area contributed by atoms with Crippen LogP contribution in [0.15, 0.2) is 18.2 Å². The number of hydrogen-bond acceptors (Lipinski definition) is 2. The van der Waals surface area contributed by atoms with E-state index in [4.69, 9.17) is 0 Å². The van der Waals surface area contributed by atoms with Gasteiger partial charge in [-0.3, -0.25) is 4.79 Å². The van der Waals surface area contributed by atoms with Crippen molar-refractivity contribution in [2.45, 2.75) is 19.4 Å². The fourth-order valence-corrected chi connectivity index (χ4v) is 1.78. The Labute approximate surface area is 94.0 Å². The van der Waals surface area contributed by atoms with Gasteiger partial charge >= 0.3 is 0 Å². The predicted octanol–water partition coefficient (Wildman–Crippen LogP) is 1.23. The summed E-state index contributed by atoms with van der Waals surface area (Å²) in [6.45, 7) is 3.39. The van der Waals surface area contributed by atoms with E-state index in [0.29, 0.717) is 11.1 Å². The lowest BCUT2D eigenvalue weighted by Crippen LogP contribution is -2.36. The highest BCUT2D eigenvalue weighted by molar-refractivity contribution is 5.94. The van der Waals surface area contributed by atoms with Crippen LogP contribution in [0, 0.1) is 12.7 Å². The topological polar surface area (TPSA) is 41.1 Å². The minimum atomic E-state index is -0.336. The van der Waals surface area contributed by atoms with Crippen molar-refractivity contribution in [1.82, 2.24) is 10.6 Å². The monoisotopic (exact) mass is 222 g/mol. The summed E-state index contributed by atoms with van der Waals surface area (Å²) in [5.74, 6) is -0.537. The lowest BCUT2D eigenvalue weighted by Gasteiger charge is -2.11. The molecule has 2 rings (SSSR count). The second-order valence-electron chi connectivity index (χ2n) is 4.13. The van der Waals surface area contributed by atoms with Gasteiger partial charge < -0.3 is 10.6 Å². The Balaban J connectivity index is 2.05. The highest BCUT2D eigenvalue weighted by Gasteiger charge is 2.17. The van der Waals surface area contributed by atoms with Gasteiger partial charge in [0.25, 0.3) is 5.91 Å². The van der Waals surface area contributed by atoms with Crippen LogP contribution in [0.1, 0.15) is 22.3 Å². The van der Waals surface area contributed by atoms with Crippen LogP contribution in [0.5, 0.6) is 0 Å². The Morgan fingerprint density at radius 3 is 3.00 bits per heavy atom. The Kier molecular flexibility index (Phi) is 3.19. The van der Waals surface area contributed by atoms with Crippen LogP contribution in [0.4, 0.5) is 4.39 Å². The van der Waals surface area contributed by atoms with Crippen LogP contribution in [0.3, 0.4) is 0 Å². The van der Waals surface area contributed by atoms with E-state index in [1.54, 1.807) is 19.1 Å². The van der Waals surface area contributed by atoms with Crippen LogP contribution in [-0.4, -0.2) is 25.0 Å². The summed E-state index contributed by atoms with van der Waals surface area (Å²) in [6, 6.07) is 4.72. The molecule has 1 fully saturated rings. The molecule has 3 nitrogen and oxygen atoms in total. The number of halogens is 1. The first kappa shape index (κ1) is 11.1. The largest absolute Gasteiger partial charge is 0.348 e. The van der Waals surface area contributed by atoms with E-state index in [0.717, 1.165) is 19.5 Å². The maximum absolute atomic E-state index is 13.3. The third-order valence-electron chi connectivity index (χ3n) is 2.83. The molecule has 0 radical (unpaired) electrons. The van der Waals surface area contributed by atoms with Crippen LogP contribution in [-0.2, 0) is 0 Å². The lowest BCUT2D eigenvalue weighted by molar-refractivity contribution is 0.0939. The number of carbonyl (C=O) groups excluding carboxylic acids is 1. The smallest absolute Gasteiger partial charge is 0.251 e. The molecule has 0 saturated carbocycles. The molecule has 0 aromatic heterocycles. The number of nitrogens with one attached hydrogen (secondary N) is 2. The summed E-state index contributed by atoms with van der Waals surface area (Å²) < 4.78 is 13.3. The van der Waals surface area contributed by atoms with E-state index in [-0.39, 0.29) is 17.8 Å². The molecule has 1 amide bonds. The number of carbonyl (C=O) groups is 1. The van der Waals surface area contributed by atoms with Crippen molar-refractivity contribution in [3.8, 4) is 0 Å². The second-order valence-corrected chi connectivity index (χ2v) is 4.13. The minimum Gasteiger partial charge on any atom is -0.348 e. The molecule has 1 aromatic rings. The zero-order valence-electron chi connectivity index (χ0n) is 9.22. The van der Waals surface area contributed by atoms with E-state index >= 15 is 0 Å². The molecule has 1 saturated heterocycles. The van der Waals surface area contributed by atoms with Gasteiger partial charge in [0.1, 0.15) is 5.82 Å². The molecule has 0 aliphatic carbocycles. The van der Waals surface area contributed by atoms with Gasteiger partial charge in [0.05, 0.1) is 0 Å². The standard InChI is InChI=1S/C12H15FN2O/c1-8-2-3-9(6-11(8)13)12(16)15-10-4-5-14-7-10/h2-3,6,10,14H,4-5,7H2,1H3,(H,15,16). The average Bonchev–Trinajstić information content (AvgIpc) is 2.74. The Hall–Kier alpha value is -1.42. The lowest BCUT2D eigenvalue weighted by atomic mass is 10.1. The average molecular weight is 222 g/mol. The molecule has 4 heteroatoms. The molecular weight excluding hydrogens is 207 g/mol. The van der Waals surface area contributed by atoms with Crippen molar-refractivity contribution in [1.29, 1.82) is 0 Å². The van der Waals surface area contributed by atoms with Crippen molar-refractivity contribution < 1.29 is 9.18 Å². The van der Waals surface area contributed by atoms with Crippen molar-refractivity contribution >= 4 is 5.91 Å². The van der Waals surface area contributed by atoms with Gasteiger partial charge in [-0.25, -0.2) is 4.39 Å². The van der Waals surface area contributed by atoms with E-state index in [2.05, 4.69) is 10.6 Å². The van der Waals surface area contributed by atoms with Crippen LogP contribution in [0.2, 0.25) is 0 Å². The first-order chi connectivity index (χ1) is 7.66. The third kappa shape index (κ3) is 2.39. The molecule has 0 spiro atoms. The van der Waals surface area contributed by atoms with Gasteiger partial charge in [0, 0.05) is 18.2 Å². The maximum Gasteiger partial charge on any atom is 0.251 e. The third-order valence-corrected chi connectivity index (χ3v) is 2.83. The van der Waals surface area contributed by atoms with Crippen LogP contribution >= 0.6 is 0 Å². The molecule has 1 atom stereocenters. The molecule has 0 bridgehead atoms. The first-order valence-electron chi connectivity index (χ1n) is 5.44. The number of benzene rings is 1. The van der Waals surface area contributed by atoms with Gasteiger partial charge in [-0.15, -0.1) is 0 Å². The summed E-state index contributed by atoms with van der Waals surface area (Å²) in [5.41, 5.74) is 0.939. The highest BCUT2D eigenvalue weighted by Crippen LogP contribution is 2.09. The molecule has 1 aliphatic heterocycles. The summed E-state index contributed by atoms with van der Waals surface area (Å²) in [5, 5.41) is 6.03. The fraction of sp³-hybridized carbons (Fsp3) is 0.417. The Morgan fingerprint density at radius 1 is 1.56 bits per heavy atom. The number of hydrogen-bond donors (Lipinski definition) is 2. The van der Waals surface area contributed by atoms with Crippen molar-refractivity contribution in [2.75, 3.05) is 13.1 Å². The van der Waals surface area contributed by atoms with Gasteiger partial charge in [0.2, 0.25) is 0 Å². The molecule has 1 aromatic carbocycles. The molecule has 16 heavy (non-hydrogen) atoms. The van der Waals surface area contributed by atoms with Crippen LogP contribution in [0.25, 0.3) is 0 Å². The van der Waals surface area contributed by atoms with Crippen molar-refractivity contribution in [3.63, 3.8) is 0 Å². The molecule has 1 heterocycles. The van der Waals surface area contributed by atoms with Gasteiger partial charge in [0.15, 0.2) is 0 Å². The summed E-state index contributed by atoms with van der Waals surface area (Å²) in [7, 11) is 0. The molecule has 86 valence electrons. The molecular formula is C12H15FN2O. The van der Waals surface area contributed by atoms with E-state index in [9.17, 15) is 9.18 Å². The number of aryl methyl sites for hydroxylation is 1. The Morgan fingerprint density at radius 2 is 2.38 bits per heavy atom. The zero-order chi connectivity index (χ0) is 11.5. The first-order valence-corrected chi connectivity index (χ1v) is 5.44. The summed E-state index contributed by atoms with van der Waals surface area (Å²) >= 11 is 0. The summed E-state index contributed by atoms with van der Waals surface area (Å²) in [4.78, 5) is 11.8.